The molecule has 0 aliphatic carbocycles. The number of aryl methyl sites for hydroxylation is 1. The van der Waals surface area contributed by atoms with Crippen LogP contribution in [0.5, 0.6) is 0 Å². The molecule has 1 N–H and O–H groups in total. The molecule has 2 aromatic rings. The molecular formula is C19H27N3OS. The van der Waals surface area contributed by atoms with Crippen LogP contribution in [0.15, 0.2) is 41.9 Å². The number of aliphatic hydroxyl groups excluding tert-OH is 1. The van der Waals surface area contributed by atoms with Gasteiger partial charge in [0.15, 0.2) is 0 Å². The highest BCUT2D eigenvalue weighted by atomic mass is 32.1. The molecule has 0 saturated carbocycles. The SMILES string of the molecule is OCC[C@@H]1CN(Cc2nccs2)CCN1CCCc1ccccc1. The zero-order chi connectivity index (χ0) is 16.6. The van der Waals surface area contributed by atoms with E-state index in [0.717, 1.165) is 45.6 Å². The van der Waals surface area contributed by atoms with Crippen LogP contribution in [0.3, 0.4) is 0 Å². The van der Waals surface area contributed by atoms with Crippen LogP contribution in [0.4, 0.5) is 0 Å². The Morgan fingerprint density at radius 2 is 2.08 bits per heavy atom. The lowest BCUT2D eigenvalue weighted by Gasteiger charge is -2.41. The molecule has 0 spiro atoms. The minimum Gasteiger partial charge on any atom is -0.396 e. The van der Waals surface area contributed by atoms with Crippen LogP contribution in [0.25, 0.3) is 0 Å². The fourth-order valence-corrected chi connectivity index (χ4v) is 4.13. The molecule has 0 bridgehead atoms. The van der Waals surface area contributed by atoms with E-state index in [4.69, 9.17) is 0 Å². The molecule has 1 aliphatic rings. The van der Waals surface area contributed by atoms with Gasteiger partial charge in [0.25, 0.3) is 0 Å². The fourth-order valence-electron chi connectivity index (χ4n) is 3.47. The first kappa shape index (κ1) is 17.5. The molecule has 0 unspecified atom stereocenters. The summed E-state index contributed by atoms with van der Waals surface area (Å²) in [7, 11) is 0. The number of benzene rings is 1. The van der Waals surface area contributed by atoms with E-state index in [9.17, 15) is 5.11 Å². The van der Waals surface area contributed by atoms with Gasteiger partial charge in [-0.2, -0.15) is 0 Å². The second-order valence-electron chi connectivity index (χ2n) is 6.45. The van der Waals surface area contributed by atoms with Gasteiger partial charge in [0.05, 0.1) is 6.54 Å². The number of hydrogen-bond acceptors (Lipinski definition) is 5. The van der Waals surface area contributed by atoms with Gasteiger partial charge in [-0.3, -0.25) is 9.80 Å². The monoisotopic (exact) mass is 345 g/mol. The van der Waals surface area contributed by atoms with E-state index in [1.165, 1.54) is 17.0 Å². The second-order valence-corrected chi connectivity index (χ2v) is 7.43. The summed E-state index contributed by atoms with van der Waals surface area (Å²) in [4.78, 5) is 9.44. The third-order valence-electron chi connectivity index (χ3n) is 4.75. The van der Waals surface area contributed by atoms with E-state index in [1.54, 1.807) is 11.3 Å². The van der Waals surface area contributed by atoms with Crippen molar-refractivity contribution < 1.29 is 5.11 Å². The minimum atomic E-state index is 0.269. The average molecular weight is 346 g/mol. The first-order valence-corrected chi connectivity index (χ1v) is 9.72. The fraction of sp³-hybridized carbons (Fsp3) is 0.526. The summed E-state index contributed by atoms with van der Waals surface area (Å²) < 4.78 is 0. The smallest absolute Gasteiger partial charge is 0.107 e. The van der Waals surface area contributed by atoms with Gasteiger partial charge in [0, 0.05) is 43.9 Å². The van der Waals surface area contributed by atoms with Gasteiger partial charge in [-0.05, 0) is 31.4 Å². The maximum absolute atomic E-state index is 9.43. The van der Waals surface area contributed by atoms with Crippen molar-refractivity contribution in [2.75, 3.05) is 32.8 Å². The molecular weight excluding hydrogens is 318 g/mol. The van der Waals surface area contributed by atoms with Crippen molar-refractivity contribution in [3.63, 3.8) is 0 Å². The molecule has 1 aliphatic heterocycles. The first-order chi connectivity index (χ1) is 11.8. The van der Waals surface area contributed by atoms with Gasteiger partial charge >= 0.3 is 0 Å². The Morgan fingerprint density at radius 1 is 1.21 bits per heavy atom. The maximum Gasteiger partial charge on any atom is 0.107 e. The molecule has 4 nitrogen and oxygen atoms in total. The van der Waals surface area contributed by atoms with Crippen molar-refractivity contribution in [3.05, 3.63) is 52.5 Å². The van der Waals surface area contributed by atoms with Gasteiger partial charge in [-0.15, -0.1) is 11.3 Å². The van der Waals surface area contributed by atoms with Gasteiger partial charge in [-0.1, -0.05) is 30.3 Å². The van der Waals surface area contributed by atoms with Crippen molar-refractivity contribution in [1.82, 2.24) is 14.8 Å². The molecule has 1 aromatic carbocycles. The van der Waals surface area contributed by atoms with E-state index < -0.39 is 0 Å². The Bertz CT molecular complexity index is 576. The van der Waals surface area contributed by atoms with Crippen LogP contribution >= 0.6 is 11.3 Å². The highest BCUT2D eigenvalue weighted by Crippen LogP contribution is 2.17. The van der Waals surface area contributed by atoms with Crippen LogP contribution < -0.4 is 0 Å². The Balaban J connectivity index is 1.48. The number of hydrogen-bond donors (Lipinski definition) is 1. The zero-order valence-corrected chi connectivity index (χ0v) is 15.0. The molecule has 0 radical (unpaired) electrons. The number of rotatable bonds is 8. The Hall–Kier alpha value is -1.27. The van der Waals surface area contributed by atoms with Gasteiger partial charge in [0.2, 0.25) is 0 Å². The van der Waals surface area contributed by atoms with Crippen LogP contribution in [-0.2, 0) is 13.0 Å². The molecule has 2 heterocycles. The van der Waals surface area contributed by atoms with Crippen LogP contribution in [0.2, 0.25) is 0 Å². The normalized spacial score (nSPS) is 19.6. The molecule has 1 fully saturated rings. The molecule has 5 heteroatoms. The van der Waals surface area contributed by atoms with Crippen molar-refractivity contribution in [3.8, 4) is 0 Å². The highest BCUT2D eigenvalue weighted by Gasteiger charge is 2.26. The van der Waals surface area contributed by atoms with Crippen molar-refractivity contribution >= 4 is 11.3 Å². The second kappa shape index (κ2) is 9.28. The van der Waals surface area contributed by atoms with Gasteiger partial charge in [0.1, 0.15) is 5.01 Å². The third kappa shape index (κ3) is 5.11. The largest absolute Gasteiger partial charge is 0.396 e. The Morgan fingerprint density at radius 3 is 2.83 bits per heavy atom. The van der Waals surface area contributed by atoms with E-state index in [2.05, 4.69) is 45.1 Å². The van der Waals surface area contributed by atoms with Gasteiger partial charge < -0.3 is 5.11 Å². The maximum atomic E-state index is 9.43. The summed E-state index contributed by atoms with van der Waals surface area (Å²) in [5.74, 6) is 0. The molecule has 1 saturated heterocycles. The Kier molecular flexibility index (Phi) is 6.78. The predicted octanol–water partition coefficient (Wildman–Crippen LogP) is 2.64. The number of nitrogens with zero attached hydrogens (tertiary/aromatic N) is 3. The minimum absolute atomic E-state index is 0.269. The van der Waals surface area contributed by atoms with E-state index in [-0.39, 0.29) is 6.61 Å². The number of thiazole rings is 1. The number of aromatic nitrogens is 1. The lowest BCUT2D eigenvalue weighted by atomic mass is 10.1. The Labute approximate surface area is 148 Å². The van der Waals surface area contributed by atoms with Crippen LogP contribution in [0.1, 0.15) is 23.4 Å². The van der Waals surface area contributed by atoms with E-state index >= 15 is 0 Å². The number of aliphatic hydroxyl groups is 1. The van der Waals surface area contributed by atoms with Crippen molar-refractivity contribution in [2.45, 2.75) is 31.8 Å². The van der Waals surface area contributed by atoms with Crippen molar-refractivity contribution in [1.29, 1.82) is 0 Å². The molecule has 1 aromatic heterocycles. The summed E-state index contributed by atoms with van der Waals surface area (Å²) in [6, 6.07) is 11.2. The topological polar surface area (TPSA) is 39.6 Å². The summed E-state index contributed by atoms with van der Waals surface area (Å²) in [6.07, 6.45) is 5.05. The third-order valence-corrected chi connectivity index (χ3v) is 5.51. The van der Waals surface area contributed by atoms with Crippen molar-refractivity contribution in [2.24, 2.45) is 0 Å². The standard InChI is InChI=1S/C19H27N3OS/c23-13-8-18-15-21(16-19-20-9-14-24-19)11-12-22(18)10-4-7-17-5-2-1-3-6-17/h1-3,5-6,9,14,18,23H,4,7-8,10-13,15-16H2/t18-/m1/s1. The summed E-state index contributed by atoms with van der Waals surface area (Å²) >= 11 is 1.73. The molecule has 3 rings (SSSR count). The van der Waals surface area contributed by atoms with Crippen LogP contribution in [-0.4, -0.2) is 58.7 Å². The zero-order valence-electron chi connectivity index (χ0n) is 14.2. The van der Waals surface area contributed by atoms with Crippen LogP contribution in [0, 0.1) is 0 Å². The molecule has 0 amide bonds. The van der Waals surface area contributed by atoms with Gasteiger partial charge in [-0.25, -0.2) is 4.98 Å². The highest BCUT2D eigenvalue weighted by molar-refractivity contribution is 7.09. The first-order valence-electron chi connectivity index (χ1n) is 8.84. The quantitative estimate of drug-likeness (QED) is 0.798. The molecule has 1 atom stereocenters. The van der Waals surface area contributed by atoms with E-state index in [1.807, 2.05) is 11.6 Å². The predicted molar refractivity (Wildman–Crippen MR) is 99.2 cm³/mol. The molecule has 24 heavy (non-hydrogen) atoms. The molecule has 130 valence electrons. The van der Waals surface area contributed by atoms with E-state index in [0.29, 0.717) is 6.04 Å². The summed E-state index contributed by atoms with van der Waals surface area (Å²) in [5.41, 5.74) is 1.42. The summed E-state index contributed by atoms with van der Waals surface area (Å²) in [5, 5.41) is 12.7. The lowest BCUT2D eigenvalue weighted by molar-refractivity contribution is 0.0546. The lowest BCUT2D eigenvalue weighted by Crippen LogP contribution is -2.53. The summed E-state index contributed by atoms with van der Waals surface area (Å²) in [6.45, 7) is 5.54. The number of piperazine rings is 1. The average Bonchev–Trinajstić information content (AvgIpc) is 3.11.